The van der Waals surface area contributed by atoms with Gasteiger partial charge in [-0.2, -0.15) is 13.2 Å². The van der Waals surface area contributed by atoms with Crippen molar-refractivity contribution >= 4 is 11.8 Å². The maximum absolute atomic E-state index is 13.6. The van der Waals surface area contributed by atoms with Crippen molar-refractivity contribution in [2.75, 3.05) is 39.8 Å². The van der Waals surface area contributed by atoms with Crippen LogP contribution in [0, 0.1) is 17.7 Å². The summed E-state index contributed by atoms with van der Waals surface area (Å²) < 4.78 is 52.4. The first-order chi connectivity index (χ1) is 15.1. The first-order valence-electron chi connectivity index (χ1n) is 11.3. The molecule has 2 fully saturated rings. The topological polar surface area (TPSA) is 52.6 Å². The van der Waals surface area contributed by atoms with Crippen molar-refractivity contribution in [2.24, 2.45) is 11.8 Å². The number of halogens is 4. The minimum Gasteiger partial charge on any atom is -0.355 e. The predicted octanol–water partition coefficient (Wildman–Crippen LogP) is 3.93. The van der Waals surface area contributed by atoms with Gasteiger partial charge >= 0.3 is 6.18 Å². The molecular formula is C23H31F4N3O2. The van der Waals surface area contributed by atoms with E-state index < -0.39 is 23.5 Å². The lowest BCUT2D eigenvalue weighted by Gasteiger charge is -2.34. The van der Waals surface area contributed by atoms with Crippen LogP contribution in [0.5, 0.6) is 0 Å². The molecule has 1 aliphatic heterocycles. The van der Waals surface area contributed by atoms with Gasteiger partial charge in [0.25, 0.3) is 5.91 Å². The van der Waals surface area contributed by atoms with Crippen LogP contribution >= 0.6 is 0 Å². The van der Waals surface area contributed by atoms with Crippen LogP contribution in [-0.2, 0) is 11.0 Å². The number of benzene rings is 1. The molecule has 0 spiro atoms. The quantitative estimate of drug-likeness (QED) is 0.632. The van der Waals surface area contributed by atoms with E-state index in [4.69, 9.17) is 0 Å². The van der Waals surface area contributed by atoms with Crippen LogP contribution in [0.1, 0.15) is 54.4 Å². The third-order valence-electron chi connectivity index (χ3n) is 6.51. The van der Waals surface area contributed by atoms with Crippen molar-refractivity contribution in [1.29, 1.82) is 0 Å². The molecule has 1 saturated heterocycles. The van der Waals surface area contributed by atoms with Gasteiger partial charge in [0.05, 0.1) is 5.56 Å². The number of amides is 2. The highest BCUT2D eigenvalue weighted by molar-refractivity contribution is 5.94. The molecule has 1 aliphatic carbocycles. The summed E-state index contributed by atoms with van der Waals surface area (Å²) in [6.45, 7) is 3.49. The summed E-state index contributed by atoms with van der Waals surface area (Å²) in [6.07, 6.45) is 1.22. The summed E-state index contributed by atoms with van der Waals surface area (Å²) in [5.74, 6) is -1.15. The van der Waals surface area contributed by atoms with Gasteiger partial charge in [-0.1, -0.05) is 12.8 Å². The molecule has 2 amide bonds. The number of rotatable bonds is 7. The van der Waals surface area contributed by atoms with Crippen molar-refractivity contribution in [3.63, 3.8) is 0 Å². The van der Waals surface area contributed by atoms with Gasteiger partial charge in [-0.15, -0.1) is 0 Å². The van der Waals surface area contributed by atoms with Gasteiger partial charge in [-0.05, 0) is 62.9 Å². The Labute approximate surface area is 186 Å². The van der Waals surface area contributed by atoms with E-state index in [1.807, 2.05) is 0 Å². The van der Waals surface area contributed by atoms with E-state index in [1.54, 1.807) is 0 Å². The van der Waals surface area contributed by atoms with Crippen molar-refractivity contribution in [3.05, 3.63) is 35.1 Å². The van der Waals surface area contributed by atoms with E-state index in [9.17, 15) is 27.2 Å². The smallest absolute Gasteiger partial charge is 0.355 e. The van der Waals surface area contributed by atoms with E-state index in [2.05, 4.69) is 10.2 Å². The average Bonchev–Trinajstić information content (AvgIpc) is 3.28. The summed E-state index contributed by atoms with van der Waals surface area (Å²) >= 11 is 0. The second kappa shape index (κ2) is 10.6. The zero-order valence-corrected chi connectivity index (χ0v) is 18.4. The molecule has 0 bridgehead atoms. The zero-order chi connectivity index (χ0) is 23.3. The Morgan fingerprint density at radius 2 is 1.75 bits per heavy atom. The van der Waals surface area contributed by atoms with Gasteiger partial charge < -0.3 is 15.1 Å². The molecule has 2 aliphatic rings. The highest BCUT2D eigenvalue weighted by Gasteiger charge is 2.32. The van der Waals surface area contributed by atoms with E-state index in [0.717, 1.165) is 64.2 Å². The lowest BCUT2D eigenvalue weighted by atomic mass is 9.96. The van der Waals surface area contributed by atoms with Gasteiger partial charge in [-0.25, -0.2) is 4.39 Å². The van der Waals surface area contributed by atoms with Crippen molar-refractivity contribution in [3.8, 4) is 0 Å². The molecule has 3 rings (SSSR count). The number of piperidine rings is 1. The minimum absolute atomic E-state index is 0.156. The summed E-state index contributed by atoms with van der Waals surface area (Å²) in [6, 6.07) is 1.93. The molecule has 1 aromatic carbocycles. The fourth-order valence-corrected chi connectivity index (χ4v) is 4.63. The normalized spacial score (nSPS) is 18.7. The van der Waals surface area contributed by atoms with Crippen LogP contribution < -0.4 is 5.32 Å². The minimum atomic E-state index is -4.71. The third kappa shape index (κ3) is 6.67. The van der Waals surface area contributed by atoms with Crippen molar-refractivity contribution < 1.29 is 27.2 Å². The predicted molar refractivity (Wildman–Crippen MR) is 112 cm³/mol. The number of likely N-dealkylation sites (tertiary alicyclic amines) is 1. The summed E-state index contributed by atoms with van der Waals surface area (Å²) in [5.41, 5.74) is -1.46. The second-order valence-corrected chi connectivity index (χ2v) is 8.97. The number of nitrogens with zero attached hydrogens (tertiary/aromatic N) is 2. The van der Waals surface area contributed by atoms with Gasteiger partial charge in [-0.3, -0.25) is 9.59 Å². The van der Waals surface area contributed by atoms with Crippen molar-refractivity contribution in [1.82, 2.24) is 15.1 Å². The average molecular weight is 458 g/mol. The Morgan fingerprint density at radius 1 is 1.09 bits per heavy atom. The Balaban J connectivity index is 1.42. The van der Waals surface area contributed by atoms with Gasteiger partial charge in [0.2, 0.25) is 5.91 Å². The lowest BCUT2D eigenvalue weighted by molar-refractivity contribution is -0.137. The molecule has 5 nitrogen and oxygen atoms in total. The third-order valence-corrected chi connectivity index (χ3v) is 6.51. The van der Waals surface area contributed by atoms with E-state index in [0.29, 0.717) is 25.2 Å². The Bertz CT molecular complexity index is 801. The molecule has 9 heteroatoms. The summed E-state index contributed by atoms with van der Waals surface area (Å²) in [5, 5.41) is 3.02. The van der Waals surface area contributed by atoms with Crippen LogP contribution in [0.4, 0.5) is 17.6 Å². The molecule has 1 heterocycles. The van der Waals surface area contributed by atoms with Crippen LogP contribution in [0.25, 0.3) is 0 Å². The largest absolute Gasteiger partial charge is 0.416 e. The highest BCUT2D eigenvalue weighted by atomic mass is 19.4. The molecule has 1 saturated carbocycles. The number of alkyl halides is 3. The highest BCUT2D eigenvalue weighted by Crippen LogP contribution is 2.31. The zero-order valence-electron chi connectivity index (χ0n) is 18.4. The number of hydrogen-bond donors (Lipinski definition) is 1. The monoisotopic (exact) mass is 457 g/mol. The van der Waals surface area contributed by atoms with Crippen LogP contribution in [0.3, 0.4) is 0 Å². The van der Waals surface area contributed by atoms with Gasteiger partial charge in [0.1, 0.15) is 5.82 Å². The molecule has 178 valence electrons. The number of carbonyl (C=O) groups is 2. The molecule has 0 atom stereocenters. The second-order valence-electron chi connectivity index (χ2n) is 8.97. The Morgan fingerprint density at radius 3 is 2.38 bits per heavy atom. The Hall–Kier alpha value is -2.16. The SMILES string of the molecule is CN(CC1CCN(CCNC(=O)C2CCCC2)CC1)C(=O)c1cc(F)cc(C(F)(F)F)c1. The van der Waals surface area contributed by atoms with Gasteiger partial charge in [0.15, 0.2) is 0 Å². The molecule has 1 aromatic rings. The summed E-state index contributed by atoms with van der Waals surface area (Å²) in [7, 11) is 1.53. The molecule has 0 aromatic heterocycles. The molecule has 0 radical (unpaired) electrons. The molecular weight excluding hydrogens is 426 g/mol. The fraction of sp³-hybridized carbons (Fsp3) is 0.652. The van der Waals surface area contributed by atoms with E-state index in [1.165, 1.54) is 11.9 Å². The molecule has 32 heavy (non-hydrogen) atoms. The van der Waals surface area contributed by atoms with Crippen molar-refractivity contribution in [2.45, 2.75) is 44.7 Å². The summed E-state index contributed by atoms with van der Waals surface area (Å²) in [4.78, 5) is 28.3. The standard InChI is InChI=1S/C23H31F4N3O2/c1-29(22(32)18-12-19(23(25,26)27)14-20(24)13-18)15-16-6-9-30(10-7-16)11-8-28-21(31)17-4-2-3-5-17/h12-14,16-17H,2-11,15H2,1H3,(H,28,31). The van der Waals surface area contributed by atoms with E-state index in [-0.39, 0.29) is 23.3 Å². The van der Waals surface area contributed by atoms with Crippen LogP contribution in [0.2, 0.25) is 0 Å². The van der Waals surface area contributed by atoms with Crippen LogP contribution in [-0.4, -0.2) is 61.4 Å². The Kier molecular flexibility index (Phi) is 8.14. The van der Waals surface area contributed by atoms with Gasteiger partial charge in [0, 0.05) is 38.2 Å². The maximum Gasteiger partial charge on any atom is 0.416 e. The number of carbonyl (C=O) groups excluding carboxylic acids is 2. The molecule has 0 unspecified atom stereocenters. The fourth-order valence-electron chi connectivity index (χ4n) is 4.63. The van der Waals surface area contributed by atoms with E-state index >= 15 is 0 Å². The number of nitrogens with one attached hydrogen (secondary N) is 1. The first kappa shape index (κ1) is 24.5. The van der Waals surface area contributed by atoms with Crippen LogP contribution in [0.15, 0.2) is 18.2 Å². The first-order valence-corrected chi connectivity index (χ1v) is 11.3. The number of hydrogen-bond acceptors (Lipinski definition) is 3. The lowest BCUT2D eigenvalue weighted by Crippen LogP contribution is -2.43. The maximum atomic E-state index is 13.6. The molecule has 1 N–H and O–H groups in total.